The molecule has 0 amide bonds. The monoisotopic (exact) mass is 953 g/mol. The van der Waals surface area contributed by atoms with E-state index in [0.717, 1.165) is 88.9 Å². The van der Waals surface area contributed by atoms with Crippen molar-refractivity contribution in [3.63, 3.8) is 0 Å². The van der Waals surface area contributed by atoms with E-state index >= 15 is 0 Å². The minimum absolute atomic E-state index is 0. The number of alkyl halides is 2. The van der Waals surface area contributed by atoms with Crippen LogP contribution in [0.1, 0.15) is 26.8 Å². The van der Waals surface area contributed by atoms with Gasteiger partial charge in [-0.15, -0.1) is 11.6 Å². The van der Waals surface area contributed by atoms with Gasteiger partial charge in [-0.3, -0.25) is 9.18 Å². The van der Waals surface area contributed by atoms with Crippen LogP contribution in [0.2, 0.25) is 0 Å². The fourth-order valence-electron chi connectivity index (χ4n) is 6.37. The number of carbonyl (C=O) groups is 3. The van der Waals surface area contributed by atoms with Crippen molar-refractivity contribution in [3.05, 3.63) is 182 Å². The minimum Gasteiger partial charge on any atom is -1.00 e. The summed E-state index contributed by atoms with van der Waals surface area (Å²) in [5, 5.41) is 16.0. The number of aryl methyl sites for hydroxylation is 2. The van der Waals surface area contributed by atoms with Crippen molar-refractivity contribution < 1.29 is 154 Å². The van der Waals surface area contributed by atoms with Gasteiger partial charge in [-0.2, -0.15) is 0 Å². The first-order valence-corrected chi connectivity index (χ1v) is 20.0. The number of nitrogens with zero attached hydrogens (tertiary/aromatic N) is 2. The van der Waals surface area contributed by atoms with Crippen LogP contribution >= 0.6 is 11.6 Å². The van der Waals surface area contributed by atoms with Gasteiger partial charge in [-0.1, -0.05) is 86.0 Å². The Hall–Kier alpha value is -4.14. The van der Waals surface area contributed by atoms with E-state index in [2.05, 4.69) is 101 Å². The summed E-state index contributed by atoms with van der Waals surface area (Å²) in [5.41, 5.74) is 8.88. The van der Waals surface area contributed by atoms with E-state index in [0.29, 0.717) is 12.5 Å². The number of ether oxygens (including phenoxy) is 3. The average Bonchev–Trinajstić information content (AvgIpc) is 3.34. The van der Waals surface area contributed by atoms with Gasteiger partial charge in [0.25, 0.3) is 6.47 Å². The quantitative estimate of drug-likeness (QED) is 0.0234. The van der Waals surface area contributed by atoms with Crippen molar-refractivity contribution >= 4 is 64.1 Å². The van der Waals surface area contributed by atoms with Crippen molar-refractivity contribution in [2.45, 2.75) is 25.7 Å². The summed E-state index contributed by atoms with van der Waals surface area (Å²) in [4.78, 5) is 36.0. The van der Waals surface area contributed by atoms with E-state index in [1.807, 2.05) is 72.8 Å². The molecule has 0 radical (unpaired) electrons. The van der Waals surface area contributed by atoms with Crippen LogP contribution < -0.4 is 127 Å². The summed E-state index contributed by atoms with van der Waals surface area (Å²) in [6.07, 6.45) is 5.67. The Bertz CT molecular complexity index is 2350. The number of halogens is 2. The third kappa shape index (κ3) is 17.2. The van der Waals surface area contributed by atoms with E-state index in [9.17, 15) is 14.0 Å². The van der Waals surface area contributed by atoms with Crippen LogP contribution in [0.5, 0.6) is 23.0 Å². The molecule has 6 aromatic rings. The molecule has 8 rings (SSSR count). The maximum absolute atomic E-state index is 11.1. The molecule has 15 heteroatoms. The van der Waals surface area contributed by atoms with Crippen LogP contribution in [-0.2, 0) is 36.8 Å². The molecule has 328 valence electrons. The Morgan fingerprint density at radius 3 is 1.31 bits per heavy atom. The average molecular weight is 955 g/mol. The topological polar surface area (TPSA) is 138 Å². The zero-order chi connectivity index (χ0) is 46.1. The number of carboxylic acids is 1. The zero-order valence-corrected chi connectivity index (χ0v) is 43.3. The molecule has 2 aliphatic rings. The largest absolute Gasteiger partial charge is 1.00 e. The number of hydrogen-bond acceptors (Lipinski definition) is 10. The summed E-state index contributed by atoms with van der Waals surface area (Å²) < 4.78 is 32.6. The molecule has 2 aliphatic heterocycles. The Morgan fingerprint density at radius 2 is 1.02 bits per heavy atom. The van der Waals surface area contributed by atoms with Gasteiger partial charge in [0.2, 0.25) is 0 Å². The Morgan fingerprint density at radius 1 is 0.692 bits per heavy atom. The van der Waals surface area contributed by atoms with Crippen molar-refractivity contribution in [1.82, 2.24) is 0 Å². The number of hydrogen-bond donors (Lipinski definition) is 1. The smallest absolute Gasteiger partial charge is 1.00 e. The van der Waals surface area contributed by atoms with Gasteiger partial charge in [0.15, 0.2) is 23.0 Å². The summed E-state index contributed by atoms with van der Waals surface area (Å²) >= 11 is 5.79. The predicted octanol–water partition coefficient (Wildman–Crippen LogP) is 5.76. The maximum Gasteiger partial charge on any atom is 1.00 e. The number of fused-ring (bicyclic) bond motifs is 4. The fraction of sp³-hybridized carbons (Fsp3) is 0.140. The van der Waals surface area contributed by atoms with Crippen molar-refractivity contribution in [2.24, 2.45) is 0 Å². The number of carboxylic acid groups (broad SMARTS) is 1. The Balaban J connectivity index is 0.000000525. The number of benzene rings is 6. The summed E-state index contributed by atoms with van der Waals surface area (Å²) in [6.45, 7) is 6.58. The molecule has 0 aliphatic carbocycles. The standard InChI is InChI=1S/C24H21NO3.C21H18ClNO.C3H4O2.CH3F.CH2O3.2K.H/c1-2-24(26)27-17-7-8-18-13-15-19(16-14-18)25-20-9-3-5-11-22(20)28-23-12-6-4-10-21(23)25;22-15-5-6-16-11-13-17(14-12-16)23-18-7-1-3-9-20(18)24-21-10-4-2-8-19(21)23;1-2-3(4)5;1-2;2-1-4-3;;;/h2-6,9-16H,1,7-8,17H2;1-4,7-14H,5-6,15H2;2H,1H2,(H,4,5);1H3;1,3H;;;/q;;;;;2*+1;-1/p-1/i;;;1D;;;;. The van der Waals surface area contributed by atoms with Crippen molar-refractivity contribution in [2.75, 3.05) is 29.4 Å². The van der Waals surface area contributed by atoms with Crippen molar-refractivity contribution in [1.29, 1.82) is 0 Å². The molecular formula is C50H48ClFK2N2O9. The van der Waals surface area contributed by atoms with Gasteiger partial charge >= 0.3 is 115 Å². The van der Waals surface area contributed by atoms with E-state index in [4.69, 9.17) is 42.3 Å². The molecule has 0 saturated carbocycles. The molecule has 65 heavy (non-hydrogen) atoms. The maximum atomic E-state index is 11.1. The Labute approximate surface area is 472 Å². The number of rotatable bonds is 12. The molecule has 0 atom stereocenters. The summed E-state index contributed by atoms with van der Waals surface area (Å²) in [6, 6.07) is 49.5. The number of esters is 1. The van der Waals surface area contributed by atoms with Crippen LogP contribution in [0.3, 0.4) is 0 Å². The third-order valence-electron chi connectivity index (χ3n) is 9.09. The summed E-state index contributed by atoms with van der Waals surface area (Å²) in [7, 11) is -1.00. The molecule has 11 nitrogen and oxygen atoms in total. The number of aliphatic carboxylic acids is 1. The fourth-order valence-corrected chi connectivity index (χ4v) is 6.50. The van der Waals surface area contributed by atoms with E-state index in [-0.39, 0.29) is 117 Å². The molecule has 0 bridgehead atoms. The molecular weight excluding hydrogens is 905 g/mol. The molecule has 2 heterocycles. The van der Waals surface area contributed by atoms with Gasteiger partial charge in [-0.05, 0) is 110 Å². The van der Waals surface area contributed by atoms with Gasteiger partial charge in [0, 0.05) is 29.4 Å². The van der Waals surface area contributed by atoms with Crippen molar-refractivity contribution in [3.8, 4) is 23.0 Å². The third-order valence-corrected chi connectivity index (χ3v) is 9.35. The molecule has 6 aromatic carbocycles. The van der Waals surface area contributed by atoms with E-state index in [1.54, 1.807) is 0 Å². The normalized spacial score (nSPS) is 10.7. The van der Waals surface area contributed by atoms with E-state index in [1.165, 1.54) is 17.2 Å². The predicted molar refractivity (Wildman–Crippen MR) is 244 cm³/mol. The van der Waals surface area contributed by atoms with Gasteiger partial charge in [-0.25, -0.2) is 9.59 Å². The second kappa shape index (κ2) is 31.7. The van der Waals surface area contributed by atoms with Gasteiger partial charge in [0.1, 0.15) is 0 Å². The zero-order valence-electron chi connectivity index (χ0n) is 38.3. The first-order chi connectivity index (χ1) is 31.2. The first kappa shape index (κ1) is 55.2. The minimum atomic E-state index is -1.00. The van der Waals surface area contributed by atoms with Crippen LogP contribution in [-0.4, -0.2) is 43.2 Å². The van der Waals surface area contributed by atoms with Gasteiger partial charge < -0.3 is 40.7 Å². The summed E-state index contributed by atoms with van der Waals surface area (Å²) in [5.74, 6) is 2.78. The van der Waals surface area contributed by atoms with Crippen LogP contribution in [0.15, 0.2) is 171 Å². The molecule has 0 fully saturated rings. The molecule has 0 saturated heterocycles. The Kier molecular flexibility index (Phi) is 26.9. The molecule has 0 unspecified atom stereocenters. The number of para-hydroxylation sites is 8. The second-order valence-corrected chi connectivity index (χ2v) is 13.5. The number of anilines is 6. The molecule has 1 N–H and O–H groups in total. The van der Waals surface area contributed by atoms with Gasteiger partial charge in [0.05, 0.1) is 37.9 Å². The van der Waals surface area contributed by atoms with Crippen LogP contribution in [0.4, 0.5) is 38.5 Å². The first-order valence-electron chi connectivity index (χ1n) is 20.2. The molecule has 0 spiro atoms. The second-order valence-electron chi connectivity index (χ2n) is 13.1. The molecule has 0 aromatic heterocycles. The SMILES string of the molecule is C=CC(=O)O.C=CC(=O)OCCCc1ccc(N2c3ccccc3Oc3ccccc32)cc1.ClCCCc1ccc(N2c3ccccc3Oc3ccccc32)cc1.O=CO[O-].[2H]CF.[H-].[K+].[K+]. The van der Waals surface area contributed by atoms with Crippen LogP contribution in [0, 0.1) is 0 Å². The number of carbonyl (C=O) groups excluding carboxylic acids is 2. The van der Waals surface area contributed by atoms with E-state index < -0.39 is 13.1 Å². The van der Waals surface area contributed by atoms with Crippen LogP contribution in [0.25, 0.3) is 0 Å².